The molecule has 2 aromatic heterocycles. The monoisotopic (exact) mass is 377 g/mol. The predicted octanol–water partition coefficient (Wildman–Crippen LogP) is 3.84. The fourth-order valence-corrected chi connectivity index (χ4v) is 3.06. The van der Waals surface area contributed by atoms with E-state index in [9.17, 15) is 4.79 Å². The molecule has 0 aliphatic heterocycles. The second-order valence-electron chi connectivity index (χ2n) is 5.71. The van der Waals surface area contributed by atoms with E-state index in [0.717, 1.165) is 11.3 Å². The molecule has 0 aliphatic rings. The summed E-state index contributed by atoms with van der Waals surface area (Å²) in [6, 6.07) is 7.16. The Balaban J connectivity index is 1.85. The number of carbonyl (C=O) groups excluding carboxylic acids is 1. The van der Waals surface area contributed by atoms with Crippen molar-refractivity contribution in [1.29, 1.82) is 0 Å². The molecule has 1 aromatic carbocycles. The van der Waals surface area contributed by atoms with E-state index >= 15 is 0 Å². The van der Waals surface area contributed by atoms with Crippen LogP contribution in [-0.2, 0) is 13.6 Å². The molecule has 3 rings (SSSR count). The smallest absolute Gasteiger partial charge is 0.260 e. The van der Waals surface area contributed by atoms with Crippen molar-refractivity contribution in [3.8, 4) is 0 Å². The number of carbonyl (C=O) groups is 1. The van der Waals surface area contributed by atoms with E-state index in [4.69, 9.17) is 23.2 Å². The number of halogens is 2. The molecule has 0 spiro atoms. The summed E-state index contributed by atoms with van der Waals surface area (Å²) in [4.78, 5) is 12.6. The Kier molecular flexibility index (Phi) is 4.83. The van der Waals surface area contributed by atoms with E-state index in [0.29, 0.717) is 33.7 Å². The standard InChI is InChI=1S/C17H17Cl2N5O/c1-10-15(11(2)23(3)22-10)17(25)21-14-7-8-20-24(14)9-12-5-4-6-13(18)16(12)19/h4-8H,9H2,1-3H3,(H,21,25). The van der Waals surface area contributed by atoms with Gasteiger partial charge in [-0.3, -0.25) is 9.48 Å². The summed E-state index contributed by atoms with van der Waals surface area (Å²) in [5.74, 6) is 0.353. The van der Waals surface area contributed by atoms with Crippen LogP contribution in [0.1, 0.15) is 27.3 Å². The first kappa shape index (κ1) is 17.5. The molecular weight excluding hydrogens is 361 g/mol. The highest BCUT2D eigenvalue weighted by Crippen LogP contribution is 2.26. The van der Waals surface area contributed by atoms with Crippen molar-refractivity contribution in [2.45, 2.75) is 20.4 Å². The molecule has 1 amide bonds. The Morgan fingerprint density at radius 3 is 2.68 bits per heavy atom. The quantitative estimate of drug-likeness (QED) is 0.750. The van der Waals surface area contributed by atoms with Crippen molar-refractivity contribution in [1.82, 2.24) is 19.6 Å². The summed E-state index contributed by atoms with van der Waals surface area (Å²) in [6.45, 7) is 4.07. The van der Waals surface area contributed by atoms with E-state index in [1.54, 1.807) is 27.7 Å². The van der Waals surface area contributed by atoms with Gasteiger partial charge in [0, 0.05) is 18.8 Å². The average molecular weight is 378 g/mol. The van der Waals surface area contributed by atoms with Crippen molar-refractivity contribution in [2.24, 2.45) is 7.05 Å². The molecule has 0 saturated heterocycles. The second-order valence-corrected chi connectivity index (χ2v) is 6.50. The van der Waals surface area contributed by atoms with Gasteiger partial charge in [-0.2, -0.15) is 10.2 Å². The van der Waals surface area contributed by atoms with E-state index in [1.807, 2.05) is 33.0 Å². The number of nitrogens with zero attached hydrogens (tertiary/aromatic N) is 4. The molecule has 25 heavy (non-hydrogen) atoms. The highest BCUT2D eigenvalue weighted by Gasteiger charge is 2.19. The Morgan fingerprint density at radius 2 is 2.00 bits per heavy atom. The van der Waals surface area contributed by atoms with E-state index < -0.39 is 0 Å². The van der Waals surface area contributed by atoms with Crippen LogP contribution in [-0.4, -0.2) is 25.5 Å². The largest absolute Gasteiger partial charge is 0.307 e. The molecule has 0 aliphatic carbocycles. The zero-order chi connectivity index (χ0) is 18.1. The van der Waals surface area contributed by atoms with Gasteiger partial charge in [-0.1, -0.05) is 35.3 Å². The Hall–Kier alpha value is -2.31. The lowest BCUT2D eigenvalue weighted by Crippen LogP contribution is -2.17. The molecule has 0 fully saturated rings. The van der Waals surface area contributed by atoms with Crippen LogP contribution < -0.4 is 5.32 Å². The number of amides is 1. The lowest BCUT2D eigenvalue weighted by atomic mass is 10.2. The molecular formula is C17H17Cl2N5O. The molecule has 3 aromatic rings. The lowest BCUT2D eigenvalue weighted by molar-refractivity contribution is 0.102. The molecule has 8 heteroatoms. The third kappa shape index (κ3) is 3.41. The van der Waals surface area contributed by atoms with E-state index in [1.165, 1.54) is 0 Å². The molecule has 0 atom stereocenters. The van der Waals surface area contributed by atoms with Crippen molar-refractivity contribution >= 4 is 34.9 Å². The van der Waals surface area contributed by atoms with Gasteiger partial charge in [-0.25, -0.2) is 4.68 Å². The van der Waals surface area contributed by atoms with Crippen LogP contribution in [0, 0.1) is 13.8 Å². The Labute approximate surface area is 155 Å². The lowest BCUT2D eigenvalue weighted by Gasteiger charge is -2.11. The normalized spacial score (nSPS) is 10.9. The average Bonchev–Trinajstić information content (AvgIpc) is 3.08. The van der Waals surface area contributed by atoms with Crippen LogP contribution in [0.25, 0.3) is 0 Å². The van der Waals surface area contributed by atoms with Gasteiger partial charge in [-0.05, 0) is 25.5 Å². The zero-order valence-corrected chi connectivity index (χ0v) is 15.6. The van der Waals surface area contributed by atoms with Gasteiger partial charge in [0.1, 0.15) is 5.82 Å². The number of hydrogen-bond acceptors (Lipinski definition) is 3. The topological polar surface area (TPSA) is 64.7 Å². The fraction of sp³-hybridized carbons (Fsp3) is 0.235. The summed E-state index contributed by atoms with van der Waals surface area (Å²) in [5.41, 5.74) is 2.87. The number of anilines is 1. The fourth-order valence-electron chi connectivity index (χ4n) is 2.68. The molecule has 0 bridgehead atoms. The maximum atomic E-state index is 12.6. The summed E-state index contributed by atoms with van der Waals surface area (Å²) in [5, 5.41) is 12.4. The van der Waals surface area contributed by atoms with Gasteiger partial charge in [-0.15, -0.1) is 0 Å². The predicted molar refractivity (Wildman–Crippen MR) is 98.4 cm³/mol. The van der Waals surface area contributed by atoms with Crippen LogP contribution in [0.4, 0.5) is 5.82 Å². The third-order valence-electron chi connectivity index (χ3n) is 4.05. The van der Waals surface area contributed by atoms with Gasteiger partial charge in [0.05, 0.1) is 34.0 Å². The maximum absolute atomic E-state index is 12.6. The second kappa shape index (κ2) is 6.90. The highest BCUT2D eigenvalue weighted by atomic mass is 35.5. The zero-order valence-electron chi connectivity index (χ0n) is 14.0. The van der Waals surface area contributed by atoms with Crippen molar-refractivity contribution in [3.05, 3.63) is 63.0 Å². The maximum Gasteiger partial charge on any atom is 0.260 e. The van der Waals surface area contributed by atoms with Gasteiger partial charge in [0.25, 0.3) is 5.91 Å². The van der Waals surface area contributed by atoms with Gasteiger partial charge < -0.3 is 5.32 Å². The highest BCUT2D eigenvalue weighted by molar-refractivity contribution is 6.42. The van der Waals surface area contributed by atoms with Crippen molar-refractivity contribution < 1.29 is 4.79 Å². The van der Waals surface area contributed by atoms with Gasteiger partial charge in [0.2, 0.25) is 0 Å². The molecule has 130 valence electrons. The summed E-state index contributed by atoms with van der Waals surface area (Å²) in [7, 11) is 1.81. The van der Waals surface area contributed by atoms with E-state index in [-0.39, 0.29) is 5.91 Å². The van der Waals surface area contributed by atoms with Crippen LogP contribution in [0.5, 0.6) is 0 Å². The number of nitrogens with one attached hydrogen (secondary N) is 1. The summed E-state index contributed by atoms with van der Waals surface area (Å²) < 4.78 is 3.35. The van der Waals surface area contributed by atoms with Crippen LogP contribution >= 0.6 is 23.2 Å². The first-order valence-electron chi connectivity index (χ1n) is 7.64. The first-order chi connectivity index (χ1) is 11.9. The summed E-state index contributed by atoms with van der Waals surface area (Å²) in [6.07, 6.45) is 1.62. The number of hydrogen-bond donors (Lipinski definition) is 1. The Bertz CT molecular complexity index is 945. The molecule has 0 unspecified atom stereocenters. The molecule has 1 N–H and O–H groups in total. The van der Waals surface area contributed by atoms with Crippen LogP contribution in [0.2, 0.25) is 10.0 Å². The Morgan fingerprint density at radius 1 is 1.24 bits per heavy atom. The third-order valence-corrected chi connectivity index (χ3v) is 4.90. The summed E-state index contributed by atoms with van der Waals surface area (Å²) >= 11 is 12.3. The molecule has 6 nitrogen and oxygen atoms in total. The number of benzene rings is 1. The number of rotatable bonds is 4. The van der Waals surface area contributed by atoms with Crippen molar-refractivity contribution in [2.75, 3.05) is 5.32 Å². The number of aromatic nitrogens is 4. The minimum absolute atomic E-state index is 0.220. The minimum atomic E-state index is -0.220. The molecule has 2 heterocycles. The van der Waals surface area contributed by atoms with Crippen LogP contribution in [0.15, 0.2) is 30.5 Å². The first-order valence-corrected chi connectivity index (χ1v) is 8.40. The molecule has 0 saturated carbocycles. The van der Waals surface area contributed by atoms with Crippen LogP contribution in [0.3, 0.4) is 0 Å². The molecule has 0 radical (unpaired) electrons. The van der Waals surface area contributed by atoms with E-state index in [2.05, 4.69) is 15.5 Å². The van der Waals surface area contributed by atoms with Gasteiger partial charge >= 0.3 is 0 Å². The van der Waals surface area contributed by atoms with Crippen molar-refractivity contribution in [3.63, 3.8) is 0 Å². The SMILES string of the molecule is Cc1nn(C)c(C)c1C(=O)Nc1ccnn1Cc1cccc(Cl)c1Cl. The van der Waals surface area contributed by atoms with Gasteiger partial charge in [0.15, 0.2) is 0 Å². The number of aryl methyl sites for hydroxylation is 2. The minimum Gasteiger partial charge on any atom is -0.307 e.